The second-order valence-corrected chi connectivity index (χ2v) is 3.31. The molecule has 0 atom stereocenters. The van der Waals surface area contributed by atoms with Crippen molar-refractivity contribution in [3.8, 4) is 0 Å². The Morgan fingerprint density at radius 2 is 2.38 bits per heavy atom. The zero-order valence-electron chi connectivity index (χ0n) is 7.06. The summed E-state index contributed by atoms with van der Waals surface area (Å²) in [7, 11) is 0. The predicted octanol–water partition coefficient (Wildman–Crippen LogP) is 0.533. The molecule has 0 radical (unpaired) electrons. The number of aliphatic hydroxyl groups is 1. The summed E-state index contributed by atoms with van der Waals surface area (Å²) in [5, 5.41) is 11.8. The summed E-state index contributed by atoms with van der Waals surface area (Å²) in [6.07, 6.45) is 3.94. The monoisotopic (exact) mass is 181 g/mol. The van der Waals surface area contributed by atoms with Gasteiger partial charge in [0.2, 0.25) is 0 Å². The molecule has 0 unspecified atom stereocenters. The maximum absolute atomic E-state index is 11.4. The summed E-state index contributed by atoms with van der Waals surface area (Å²) in [5.74, 6) is -0.134. The number of carbonyl (C=O) groups is 1. The van der Waals surface area contributed by atoms with Crippen molar-refractivity contribution >= 4 is 5.91 Å². The van der Waals surface area contributed by atoms with E-state index in [0.29, 0.717) is 18.4 Å². The minimum atomic E-state index is -0.241. The molecule has 4 nitrogen and oxygen atoms in total. The van der Waals surface area contributed by atoms with Crippen molar-refractivity contribution < 1.29 is 14.3 Å². The zero-order chi connectivity index (χ0) is 9.26. The molecule has 70 valence electrons. The van der Waals surface area contributed by atoms with Crippen molar-refractivity contribution in [2.45, 2.75) is 25.0 Å². The molecular weight excluding hydrogens is 170 g/mol. The van der Waals surface area contributed by atoms with Gasteiger partial charge in [0.05, 0.1) is 17.9 Å². The lowest BCUT2D eigenvalue weighted by Crippen LogP contribution is -2.46. The fourth-order valence-corrected chi connectivity index (χ4v) is 1.37. The van der Waals surface area contributed by atoms with Gasteiger partial charge < -0.3 is 14.8 Å². The lowest BCUT2D eigenvalue weighted by molar-refractivity contribution is 0.0562. The van der Waals surface area contributed by atoms with Crippen LogP contribution < -0.4 is 5.32 Å². The number of amides is 1. The van der Waals surface area contributed by atoms with Crippen LogP contribution in [0.25, 0.3) is 0 Å². The number of furan rings is 1. The highest BCUT2D eigenvalue weighted by molar-refractivity contribution is 5.94. The van der Waals surface area contributed by atoms with Crippen LogP contribution in [0.5, 0.6) is 0 Å². The van der Waals surface area contributed by atoms with Crippen molar-refractivity contribution in [1.82, 2.24) is 5.32 Å². The molecule has 4 heteroatoms. The van der Waals surface area contributed by atoms with E-state index in [1.807, 2.05) is 0 Å². The lowest BCUT2D eigenvalue weighted by atomic mass is 9.89. The highest BCUT2D eigenvalue weighted by Gasteiger charge is 2.28. The number of rotatable bonds is 2. The Balaban J connectivity index is 1.86. The smallest absolute Gasteiger partial charge is 0.254 e. The van der Waals surface area contributed by atoms with Gasteiger partial charge in [-0.25, -0.2) is 0 Å². The summed E-state index contributed by atoms with van der Waals surface area (Å²) in [4.78, 5) is 11.4. The molecule has 1 aromatic rings. The predicted molar refractivity (Wildman–Crippen MR) is 45.2 cm³/mol. The zero-order valence-corrected chi connectivity index (χ0v) is 7.06. The van der Waals surface area contributed by atoms with Crippen LogP contribution in [0.2, 0.25) is 0 Å². The van der Waals surface area contributed by atoms with Gasteiger partial charge in [-0.05, 0) is 18.9 Å². The van der Waals surface area contributed by atoms with E-state index in [4.69, 9.17) is 9.52 Å². The summed E-state index contributed by atoms with van der Waals surface area (Å²) in [6, 6.07) is 1.74. The Bertz CT molecular complexity index is 288. The van der Waals surface area contributed by atoms with Gasteiger partial charge in [0.15, 0.2) is 0 Å². The Kier molecular flexibility index (Phi) is 2.06. The Morgan fingerprint density at radius 1 is 1.62 bits per heavy atom. The first kappa shape index (κ1) is 8.31. The molecule has 0 saturated heterocycles. The van der Waals surface area contributed by atoms with Crippen LogP contribution in [0.4, 0.5) is 0 Å². The van der Waals surface area contributed by atoms with Crippen LogP contribution in [0.1, 0.15) is 23.2 Å². The summed E-state index contributed by atoms with van der Waals surface area (Å²) < 4.78 is 4.78. The minimum absolute atomic E-state index is 0.123. The van der Waals surface area contributed by atoms with Gasteiger partial charge in [0, 0.05) is 6.04 Å². The second kappa shape index (κ2) is 3.22. The van der Waals surface area contributed by atoms with Crippen LogP contribution in [0.3, 0.4) is 0 Å². The molecule has 1 fully saturated rings. The van der Waals surface area contributed by atoms with Crippen LogP contribution in [0.15, 0.2) is 23.0 Å². The lowest BCUT2D eigenvalue weighted by Gasteiger charge is -2.31. The van der Waals surface area contributed by atoms with E-state index < -0.39 is 0 Å². The van der Waals surface area contributed by atoms with Gasteiger partial charge in [0.25, 0.3) is 5.91 Å². The average molecular weight is 181 g/mol. The number of hydrogen-bond acceptors (Lipinski definition) is 3. The van der Waals surface area contributed by atoms with E-state index in [9.17, 15) is 4.79 Å². The number of aliphatic hydroxyl groups excluding tert-OH is 1. The number of carbonyl (C=O) groups excluding carboxylic acids is 1. The quantitative estimate of drug-likeness (QED) is 0.699. The normalized spacial score (nSPS) is 26.5. The van der Waals surface area contributed by atoms with Crippen LogP contribution in [-0.2, 0) is 0 Å². The molecule has 1 heterocycles. The number of hydrogen-bond donors (Lipinski definition) is 2. The van der Waals surface area contributed by atoms with Crippen molar-refractivity contribution in [2.24, 2.45) is 0 Å². The summed E-state index contributed by atoms with van der Waals surface area (Å²) in [6.45, 7) is 0. The first-order valence-corrected chi connectivity index (χ1v) is 4.27. The molecule has 1 aromatic heterocycles. The summed E-state index contributed by atoms with van der Waals surface area (Å²) >= 11 is 0. The van der Waals surface area contributed by atoms with Crippen LogP contribution >= 0.6 is 0 Å². The minimum Gasteiger partial charge on any atom is -0.472 e. The van der Waals surface area contributed by atoms with Crippen LogP contribution in [0, 0.1) is 0 Å². The molecule has 0 spiro atoms. The summed E-state index contributed by atoms with van der Waals surface area (Å²) in [5.41, 5.74) is 0.529. The fourth-order valence-electron chi connectivity index (χ4n) is 1.37. The Hall–Kier alpha value is -1.29. The third kappa shape index (κ3) is 1.72. The molecule has 0 aliphatic heterocycles. The molecular formula is C9H11NO3. The van der Waals surface area contributed by atoms with E-state index in [-0.39, 0.29) is 18.1 Å². The Morgan fingerprint density at radius 3 is 2.92 bits per heavy atom. The van der Waals surface area contributed by atoms with Gasteiger partial charge in [0.1, 0.15) is 6.26 Å². The second-order valence-electron chi connectivity index (χ2n) is 3.31. The molecule has 1 amide bonds. The average Bonchev–Trinajstić information content (AvgIpc) is 2.53. The van der Waals surface area contributed by atoms with E-state index in [1.54, 1.807) is 6.07 Å². The van der Waals surface area contributed by atoms with E-state index in [1.165, 1.54) is 12.5 Å². The molecule has 1 aliphatic rings. The third-order valence-corrected chi connectivity index (χ3v) is 2.23. The maximum Gasteiger partial charge on any atom is 0.254 e. The SMILES string of the molecule is O=C(NC1CC(O)C1)c1ccoc1. The van der Waals surface area contributed by atoms with E-state index in [0.717, 1.165) is 0 Å². The van der Waals surface area contributed by atoms with Crippen molar-refractivity contribution in [3.63, 3.8) is 0 Å². The third-order valence-electron chi connectivity index (χ3n) is 2.23. The maximum atomic E-state index is 11.4. The first-order chi connectivity index (χ1) is 6.25. The van der Waals surface area contributed by atoms with Crippen molar-refractivity contribution in [1.29, 1.82) is 0 Å². The van der Waals surface area contributed by atoms with Crippen LogP contribution in [-0.4, -0.2) is 23.2 Å². The van der Waals surface area contributed by atoms with Gasteiger partial charge in [-0.3, -0.25) is 4.79 Å². The van der Waals surface area contributed by atoms with Gasteiger partial charge in [-0.2, -0.15) is 0 Å². The highest BCUT2D eigenvalue weighted by Crippen LogP contribution is 2.19. The fraction of sp³-hybridized carbons (Fsp3) is 0.444. The van der Waals surface area contributed by atoms with Crippen molar-refractivity contribution in [3.05, 3.63) is 24.2 Å². The molecule has 1 saturated carbocycles. The molecule has 13 heavy (non-hydrogen) atoms. The molecule has 2 N–H and O–H groups in total. The molecule has 1 aliphatic carbocycles. The number of nitrogens with one attached hydrogen (secondary N) is 1. The first-order valence-electron chi connectivity index (χ1n) is 4.27. The standard InChI is InChI=1S/C9H11NO3/c11-8-3-7(4-8)10-9(12)6-1-2-13-5-6/h1-2,5,7-8,11H,3-4H2,(H,10,12). The molecule has 0 aromatic carbocycles. The van der Waals surface area contributed by atoms with Crippen molar-refractivity contribution in [2.75, 3.05) is 0 Å². The topological polar surface area (TPSA) is 62.5 Å². The van der Waals surface area contributed by atoms with Gasteiger partial charge in [-0.15, -0.1) is 0 Å². The Labute approximate surface area is 75.6 Å². The van der Waals surface area contributed by atoms with E-state index >= 15 is 0 Å². The highest BCUT2D eigenvalue weighted by atomic mass is 16.3. The van der Waals surface area contributed by atoms with Gasteiger partial charge in [-0.1, -0.05) is 0 Å². The van der Waals surface area contributed by atoms with E-state index in [2.05, 4.69) is 5.32 Å². The van der Waals surface area contributed by atoms with Gasteiger partial charge >= 0.3 is 0 Å². The molecule has 0 bridgehead atoms. The largest absolute Gasteiger partial charge is 0.472 e. The molecule has 2 rings (SSSR count).